The van der Waals surface area contributed by atoms with Crippen LogP contribution in [0.25, 0.3) is 0 Å². The van der Waals surface area contributed by atoms with Gasteiger partial charge in [0.15, 0.2) is 0 Å². The van der Waals surface area contributed by atoms with Crippen LogP contribution >= 0.6 is 0 Å². The molecule has 1 aromatic rings. The molecule has 0 saturated heterocycles. The van der Waals surface area contributed by atoms with E-state index in [4.69, 9.17) is 4.74 Å². The van der Waals surface area contributed by atoms with Crippen LogP contribution < -0.4 is 5.46 Å². The molecule has 1 unspecified atom stereocenters. The van der Waals surface area contributed by atoms with Crippen molar-refractivity contribution in [3.8, 4) is 0 Å². The standard InChI is InChI=1S/C13H21BFNO3/c1-4-16(10(2)9-19-3)8-11-5-6-12(15)7-13(11)14(17)18/h5-7,10,17-18H,4,8-9H2,1-3H3. The average Bonchev–Trinajstić information content (AvgIpc) is 2.37. The van der Waals surface area contributed by atoms with Gasteiger partial charge in [0.25, 0.3) is 0 Å². The summed E-state index contributed by atoms with van der Waals surface area (Å²) in [6, 6.07) is 4.28. The first-order chi connectivity index (χ1) is 8.99. The molecule has 0 spiro atoms. The number of ether oxygens (including phenoxy) is 1. The third kappa shape index (κ3) is 4.58. The van der Waals surface area contributed by atoms with Gasteiger partial charge in [0.2, 0.25) is 0 Å². The molecule has 0 fully saturated rings. The Kier molecular flexibility index (Phi) is 6.44. The van der Waals surface area contributed by atoms with Gasteiger partial charge in [0, 0.05) is 19.7 Å². The SMILES string of the molecule is CCN(Cc1ccc(F)cc1B(O)O)C(C)COC. The van der Waals surface area contributed by atoms with Gasteiger partial charge in [-0.05, 0) is 36.6 Å². The number of benzene rings is 1. The Labute approximate surface area is 114 Å². The minimum atomic E-state index is -1.66. The molecule has 0 heterocycles. The molecule has 0 radical (unpaired) electrons. The molecule has 19 heavy (non-hydrogen) atoms. The Hall–Kier alpha value is -0.945. The zero-order valence-corrected chi connectivity index (χ0v) is 11.6. The van der Waals surface area contributed by atoms with Crippen LogP contribution in [0.2, 0.25) is 0 Å². The van der Waals surface area contributed by atoms with Gasteiger partial charge in [-0.1, -0.05) is 13.0 Å². The van der Waals surface area contributed by atoms with Gasteiger partial charge in [0.05, 0.1) is 6.61 Å². The fraction of sp³-hybridized carbons (Fsp3) is 0.538. The van der Waals surface area contributed by atoms with Gasteiger partial charge in [-0.25, -0.2) is 4.39 Å². The molecule has 6 heteroatoms. The Morgan fingerprint density at radius 1 is 1.42 bits per heavy atom. The zero-order chi connectivity index (χ0) is 14.4. The second-order valence-electron chi connectivity index (χ2n) is 4.58. The number of halogens is 1. The Morgan fingerprint density at radius 3 is 2.63 bits per heavy atom. The predicted octanol–water partition coefficient (Wildman–Crippen LogP) is 0.362. The highest BCUT2D eigenvalue weighted by Gasteiger charge is 2.20. The molecule has 0 aliphatic carbocycles. The Balaban J connectivity index is 2.90. The van der Waals surface area contributed by atoms with Gasteiger partial charge >= 0.3 is 7.12 Å². The summed E-state index contributed by atoms with van der Waals surface area (Å²) in [5, 5.41) is 18.6. The largest absolute Gasteiger partial charge is 0.488 e. The summed E-state index contributed by atoms with van der Waals surface area (Å²) in [7, 11) is -0.0207. The lowest BCUT2D eigenvalue weighted by Gasteiger charge is -2.28. The quantitative estimate of drug-likeness (QED) is 0.702. The van der Waals surface area contributed by atoms with E-state index in [1.54, 1.807) is 13.2 Å². The summed E-state index contributed by atoms with van der Waals surface area (Å²) in [6.07, 6.45) is 0. The maximum atomic E-state index is 13.2. The van der Waals surface area contributed by atoms with Crippen LogP contribution in [-0.2, 0) is 11.3 Å². The maximum absolute atomic E-state index is 13.2. The summed E-state index contributed by atoms with van der Waals surface area (Å²) in [5.74, 6) is -0.472. The van der Waals surface area contributed by atoms with Crippen LogP contribution in [0.4, 0.5) is 4.39 Å². The number of methoxy groups -OCH3 is 1. The van der Waals surface area contributed by atoms with Gasteiger partial charge in [0.1, 0.15) is 5.82 Å². The Morgan fingerprint density at radius 2 is 2.11 bits per heavy atom. The van der Waals surface area contributed by atoms with Crippen molar-refractivity contribution in [3.05, 3.63) is 29.6 Å². The van der Waals surface area contributed by atoms with E-state index in [-0.39, 0.29) is 11.5 Å². The normalized spacial score (nSPS) is 12.8. The molecule has 0 aromatic heterocycles. The number of rotatable bonds is 7. The molecule has 1 atom stereocenters. The van der Waals surface area contributed by atoms with Crippen molar-refractivity contribution in [3.63, 3.8) is 0 Å². The third-order valence-electron chi connectivity index (χ3n) is 3.20. The summed E-state index contributed by atoms with van der Waals surface area (Å²) in [5.41, 5.74) is 0.921. The fourth-order valence-corrected chi connectivity index (χ4v) is 2.09. The zero-order valence-electron chi connectivity index (χ0n) is 11.6. The highest BCUT2D eigenvalue weighted by molar-refractivity contribution is 6.59. The molecule has 0 amide bonds. The van der Waals surface area contributed by atoms with Crippen molar-refractivity contribution in [2.24, 2.45) is 0 Å². The molecular weight excluding hydrogens is 248 g/mol. The third-order valence-corrected chi connectivity index (χ3v) is 3.20. The van der Waals surface area contributed by atoms with Gasteiger partial charge in [-0.2, -0.15) is 0 Å². The number of nitrogens with zero attached hydrogens (tertiary/aromatic N) is 1. The van der Waals surface area contributed by atoms with Crippen LogP contribution in [0, 0.1) is 5.82 Å². The van der Waals surface area contributed by atoms with E-state index in [0.29, 0.717) is 18.7 Å². The molecule has 4 nitrogen and oxygen atoms in total. The molecule has 0 aliphatic rings. The topological polar surface area (TPSA) is 52.9 Å². The van der Waals surface area contributed by atoms with Gasteiger partial charge in [-0.3, -0.25) is 4.90 Å². The molecule has 0 aliphatic heterocycles. The Bertz CT molecular complexity index is 403. The van der Waals surface area contributed by atoms with Crippen molar-refractivity contribution < 1.29 is 19.2 Å². The van der Waals surface area contributed by atoms with Gasteiger partial charge in [-0.15, -0.1) is 0 Å². The molecular formula is C13H21BFNO3. The second kappa shape index (κ2) is 7.60. The van der Waals surface area contributed by atoms with Crippen LogP contribution in [0.1, 0.15) is 19.4 Å². The van der Waals surface area contributed by atoms with E-state index in [1.807, 2.05) is 13.8 Å². The first kappa shape index (κ1) is 16.1. The smallest absolute Gasteiger partial charge is 0.423 e. The maximum Gasteiger partial charge on any atom is 0.488 e. The highest BCUT2D eigenvalue weighted by atomic mass is 19.1. The molecule has 1 rings (SSSR count). The molecule has 0 bridgehead atoms. The van der Waals surface area contributed by atoms with E-state index < -0.39 is 12.9 Å². The molecule has 1 aromatic carbocycles. The van der Waals surface area contributed by atoms with Gasteiger partial charge < -0.3 is 14.8 Å². The van der Waals surface area contributed by atoms with Crippen molar-refractivity contribution >= 4 is 12.6 Å². The molecule has 0 saturated carbocycles. The summed E-state index contributed by atoms with van der Waals surface area (Å²) < 4.78 is 18.3. The monoisotopic (exact) mass is 269 g/mol. The van der Waals surface area contributed by atoms with Crippen LogP contribution in [0.3, 0.4) is 0 Å². The van der Waals surface area contributed by atoms with E-state index in [1.165, 1.54) is 6.07 Å². The van der Waals surface area contributed by atoms with Crippen LogP contribution in [-0.4, -0.2) is 48.4 Å². The molecule has 106 valence electrons. The van der Waals surface area contributed by atoms with E-state index in [9.17, 15) is 14.4 Å². The predicted molar refractivity (Wildman–Crippen MR) is 73.6 cm³/mol. The van der Waals surface area contributed by atoms with Crippen molar-refractivity contribution in [2.45, 2.75) is 26.4 Å². The van der Waals surface area contributed by atoms with E-state index in [2.05, 4.69) is 4.90 Å². The number of hydrogen-bond acceptors (Lipinski definition) is 4. The lowest BCUT2D eigenvalue weighted by atomic mass is 9.77. The molecule has 2 N–H and O–H groups in total. The highest BCUT2D eigenvalue weighted by Crippen LogP contribution is 2.09. The van der Waals surface area contributed by atoms with Crippen molar-refractivity contribution in [1.29, 1.82) is 0 Å². The lowest BCUT2D eigenvalue weighted by Crippen LogP contribution is -2.40. The number of hydrogen-bond donors (Lipinski definition) is 2. The second-order valence-corrected chi connectivity index (χ2v) is 4.58. The van der Waals surface area contributed by atoms with Crippen molar-refractivity contribution in [1.82, 2.24) is 4.90 Å². The summed E-state index contributed by atoms with van der Waals surface area (Å²) in [6.45, 7) is 5.96. The van der Waals surface area contributed by atoms with Crippen molar-refractivity contribution in [2.75, 3.05) is 20.3 Å². The summed E-state index contributed by atoms with van der Waals surface area (Å²) >= 11 is 0. The lowest BCUT2D eigenvalue weighted by molar-refractivity contribution is 0.0983. The first-order valence-electron chi connectivity index (χ1n) is 6.37. The minimum Gasteiger partial charge on any atom is -0.423 e. The number of likely N-dealkylation sites (N-methyl/N-ethyl adjacent to an activating group) is 1. The first-order valence-corrected chi connectivity index (χ1v) is 6.37. The van der Waals surface area contributed by atoms with Crippen LogP contribution in [0.5, 0.6) is 0 Å². The van der Waals surface area contributed by atoms with E-state index >= 15 is 0 Å². The summed E-state index contributed by atoms with van der Waals surface area (Å²) in [4.78, 5) is 2.13. The fourth-order valence-electron chi connectivity index (χ4n) is 2.09. The average molecular weight is 269 g/mol. The van der Waals surface area contributed by atoms with Crippen LogP contribution in [0.15, 0.2) is 18.2 Å². The minimum absolute atomic E-state index is 0.198. The van der Waals surface area contributed by atoms with E-state index in [0.717, 1.165) is 12.6 Å².